The monoisotopic (exact) mass is 272 g/mol. The highest BCUT2D eigenvalue weighted by Crippen LogP contribution is 2.51. The molecule has 1 aliphatic rings. The quantitative estimate of drug-likeness (QED) is 0.729. The molecule has 3 heteroatoms. The zero-order valence-corrected chi connectivity index (χ0v) is 11.4. The molecule has 0 bridgehead atoms. The molecule has 1 saturated heterocycles. The van der Waals surface area contributed by atoms with E-state index in [1.165, 1.54) is 0 Å². The summed E-state index contributed by atoms with van der Waals surface area (Å²) in [6.07, 6.45) is 1.72. The van der Waals surface area contributed by atoms with Crippen molar-refractivity contribution in [3.63, 3.8) is 0 Å². The van der Waals surface area contributed by atoms with E-state index in [1.807, 2.05) is 66.0 Å². The van der Waals surface area contributed by atoms with Crippen molar-refractivity contribution in [2.45, 2.75) is 4.08 Å². The molecule has 0 amide bonds. The zero-order chi connectivity index (χ0) is 12.3. The summed E-state index contributed by atoms with van der Waals surface area (Å²) >= 11 is 3.72. The maximum Gasteiger partial charge on any atom is 0.180 e. The van der Waals surface area contributed by atoms with Gasteiger partial charge in [0.05, 0.1) is 6.26 Å². The standard InChI is InChI=1S/C15H12OS2/c1-2-5-13(6-3-1)8-9-15(17-11-12-18-15)14-7-4-10-16-14/h1-7,10H,11-12H2. The van der Waals surface area contributed by atoms with E-state index in [0.29, 0.717) is 0 Å². The SMILES string of the molecule is C(#CC1(c2ccco2)SCCS1)c1ccccc1. The van der Waals surface area contributed by atoms with E-state index in [-0.39, 0.29) is 4.08 Å². The molecule has 0 atom stereocenters. The number of furan rings is 1. The fourth-order valence-electron chi connectivity index (χ4n) is 1.83. The molecule has 1 nitrogen and oxygen atoms in total. The van der Waals surface area contributed by atoms with Crippen LogP contribution in [-0.2, 0) is 4.08 Å². The van der Waals surface area contributed by atoms with Crippen molar-refractivity contribution in [2.75, 3.05) is 11.5 Å². The van der Waals surface area contributed by atoms with Gasteiger partial charge in [-0.25, -0.2) is 0 Å². The molecule has 0 saturated carbocycles. The lowest BCUT2D eigenvalue weighted by Gasteiger charge is -2.17. The van der Waals surface area contributed by atoms with Crippen molar-refractivity contribution in [3.8, 4) is 11.8 Å². The second-order valence-corrected chi connectivity index (χ2v) is 6.78. The van der Waals surface area contributed by atoms with Gasteiger partial charge in [-0.3, -0.25) is 0 Å². The molecule has 1 fully saturated rings. The van der Waals surface area contributed by atoms with E-state index in [2.05, 4.69) is 11.8 Å². The summed E-state index contributed by atoms with van der Waals surface area (Å²) in [6, 6.07) is 14.1. The van der Waals surface area contributed by atoms with Crippen LogP contribution in [0.5, 0.6) is 0 Å². The van der Waals surface area contributed by atoms with Crippen molar-refractivity contribution in [1.82, 2.24) is 0 Å². The lowest BCUT2D eigenvalue weighted by Crippen LogP contribution is -2.10. The predicted octanol–water partition coefficient (Wildman–Crippen LogP) is 3.96. The highest BCUT2D eigenvalue weighted by atomic mass is 32.2. The molecule has 90 valence electrons. The summed E-state index contributed by atoms with van der Waals surface area (Å²) < 4.78 is 5.34. The molecule has 1 aromatic heterocycles. The van der Waals surface area contributed by atoms with Crippen LogP contribution < -0.4 is 0 Å². The molecule has 3 rings (SSSR count). The highest BCUT2D eigenvalue weighted by molar-refractivity contribution is 8.20. The Morgan fingerprint density at radius 3 is 2.44 bits per heavy atom. The summed E-state index contributed by atoms with van der Waals surface area (Å²) in [5, 5.41) is 0. The number of thioether (sulfide) groups is 2. The van der Waals surface area contributed by atoms with Gasteiger partial charge >= 0.3 is 0 Å². The van der Waals surface area contributed by atoms with Gasteiger partial charge in [0.15, 0.2) is 4.08 Å². The lowest BCUT2D eigenvalue weighted by molar-refractivity contribution is 0.515. The first-order valence-corrected chi connectivity index (χ1v) is 7.76. The molecule has 0 N–H and O–H groups in total. The third-order valence-corrected chi connectivity index (χ3v) is 5.89. The summed E-state index contributed by atoms with van der Waals surface area (Å²) in [5.41, 5.74) is 1.05. The molecule has 0 radical (unpaired) electrons. The van der Waals surface area contributed by atoms with E-state index >= 15 is 0 Å². The Labute approximate surface area is 115 Å². The molecule has 2 heterocycles. The minimum absolute atomic E-state index is 0.223. The zero-order valence-electron chi connectivity index (χ0n) is 9.76. The number of rotatable bonds is 1. The molecule has 2 aromatic rings. The van der Waals surface area contributed by atoms with Crippen molar-refractivity contribution in [1.29, 1.82) is 0 Å². The second kappa shape index (κ2) is 5.17. The second-order valence-electron chi connectivity index (χ2n) is 3.91. The first-order valence-electron chi connectivity index (χ1n) is 5.79. The van der Waals surface area contributed by atoms with Gasteiger partial charge in [0.25, 0.3) is 0 Å². The fourth-order valence-corrected chi connectivity index (χ4v) is 4.67. The van der Waals surface area contributed by atoms with Crippen LogP contribution in [0, 0.1) is 11.8 Å². The Bertz CT molecular complexity index is 558. The van der Waals surface area contributed by atoms with Crippen LogP contribution in [0.4, 0.5) is 0 Å². The molecule has 1 aromatic carbocycles. The first kappa shape index (κ1) is 11.8. The minimum atomic E-state index is -0.223. The summed E-state index contributed by atoms with van der Waals surface area (Å²) in [4.78, 5) is 0. The third-order valence-electron chi connectivity index (χ3n) is 2.68. The Kier molecular flexibility index (Phi) is 3.40. The van der Waals surface area contributed by atoms with Gasteiger partial charge in [0.2, 0.25) is 0 Å². The van der Waals surface area contributed by atoms with Crippen LogP contribution in [0.3, 0.4) is 0 Å². The maximum atomic E-state index is 5.57. The van der Waals surface area contributed by atoms with Crippen molar-refractivity contribution in [3.05, 3.63) is 60.1 Å². The van der Waals surface area contributed by atoms with Crippen LogP contribution in [0.1, 0.15) is 11.3 Å². The van der Waals surface area contributed by atoms with Gasteiger partial charge in [0, 0.05) is 17.1 Å². The van der Waals surface area contributed by atoms with E-state index in [0.717, 1.165) is 22.8 Å². The summed E-state index contributed by atoms with van der Waals surface area (Å²) in [5.74, 6) is 9.86. The smallest absolute Gasteiger partial charge is 0.180 e. The van der Waals surface area contributed by atoms with Gasteiger partial charge < -0.3 is 4.42 Å². The van der Waals surface area contributed by atoms with Gasteiger partial charge in [-0.1, -0.05) is 30.0 Å². The largest absolute Gasteiger partial charge is 0.466 e. The molecule has 1 aliphatic heterocycles. The molecule has 0 spiro atoms. The number of hydrogen-bond acceptors (Lipinski definition) is 3. The number of benzene rings is 1. The molecular formula is C15H12OS2. The van der Waals surface area contributed by atoms with Crippen LogP contribution >= 0.6 is 23.5 Å². The van der Waals surface area contributed by atoms with Crippen LogP contribution in [0.25, 0.3) is 0 Å². The normalized spacial score (nSPS) is 17.1. The minimum Gasteiger partial charge on any atom is -0.466 e. The summed E-state index contributed by atoms with van der Waals surface area (Å²) in [7, 11) is 0. The van der Waals surface area contributed by atoms with E-state index in [9.17, 15) is 0 Å². The lowest BCUT2D eigenvalue weighted by atomic mass is 10.2. The van der Waals surface area contributed by atoms with Crippen molar-refractivity contribution in [2.24, 2.45) is 0 Å². The molecule has 0 aliphatic carbocycles. The van der Waals surface area contributed by atoms with Gasteiger partial charge in [0.1, 0.15) is 5.76 Å². The third kappa shape index (κ3) is 2.31. The maximum absolute atomic E-state index is 5.57. The Hall–Kier alpha value is -1.24. The van der Waals surface area contributed by atoms with Crippen molar-refractivity contribution >= 4 is 23.5 Å². The first-order chi connectivity index (χ1) is 8.89. The van der Waals surface area contributed by atoms with Crippen LogP contribution in [0.15, 0.2) is 53.1 Å². The molecule has 0 unspecified atom stereocenters. The van der Waals surface area contributed by atoms with E-state index in [1.54, 1.807) is 6.26 Å². The highest BCUT2D eigenvalue weighted by Gasteiger charge is 2.38. The number of hydrogen-bond donors (Lipinski definition) is 0. The Morgan fingerprint density at radius 2 is 1.78 bits per heavy atom. The summed E-state index contributed by atoms with van der Waals surface area (Å²) in [6.45, 7) is 0. The van der Waals surface area contributed by atoms with E-state index in [4.69, 9.17) is 4.42 Å². The fraction of sp³-hybridized carbons (Fsp3) is 0.200. The van der Waals surface area contributed by atoms with Crippen LogP contribution in [0.2, 0.25) is 0 Å². The topological polar surface area (TPSA) is 13.1 Å². The Balaban J connectivity index is 1.95. The Morgan fingerprint density at radius 1 is 1.00 bits per heavy atom. The molecule has 18 heavy (non-hydrogen) atoms. The van der Waals surface area contributed by atoms with E-state index < -0.39 is 0 Å². The average molecular weight is 272 g/mol. The van der Waals surface area contributed by atoms with Crippen LogP contribution in [-0.4, -0.2) is 11.5 Å². The molecular weight excluding hydrogens is 260 g/mol. The average Bonchev–Trinajstić information content (AvgIpc) is 3.09. The van der Waals surface area contributed by atoms with Gasteiger partial charge in [-0.05, 0) is 24.3 Å². The van der Waals surface area contributed by atoms with Gasteiger partial charge in [-0.2, -0.15) is 0 Å². The van der Waals surface area contributed by atoms with Crippen molar-refractivity contribution < 1.29 is 4.42 Å². The van der Waals surface area contributed by atoms with Gasteiger partial charge in [-0.15, -0.1) is 23.5 Å². The predicted molar refractivity (Wildman–Crippen MR) is 78.6 cm³/mol.